The molecule has 3 N–H and O–H groups in total. The van der Waals surface area contributed by atoms with Crippen molar-refractivity contribution < 1.29 is 32.6 Å². The van der Waals surface area contributed by atoms with E-state index in [1.165, 1.54) is 30.3 Å². The predicted octanol–water partition coefficient (Wildman–Crippen LogP) is 4.88. The Kier molecular flexibility index (Phi) is 9.61. The zero-order valence-electron chi connectivity index (χ0n) is 21.2. The van der Waals surface area contributed by atoms with E-state index < -0.39 is 35.8 Å². The first-order chi connectivity index (χ1) is 17.9. The number of carbonyl (C=O) groups excluding carboxylic acids is 1. The van der Waals surface area contributed by atoms with Crippen molar-refractivity contribution in [3.8, 4) is 11.4 Å². The van der Waals surface area contributed by atoms with Gasteiger partial charge in [-0.2, -0.15) is 13.2 Å². The number of nitrogens with zero attached hydrogens (tertiary/aromatic N) is 3. The molecule has 2 unspecified atom stereocenters. The third-order valence-electron chi connectivity index (χ3n) is 6.00. The Morgan fingerprint density at radius 3 is 2.34 bits per heavy atom. The van der Waals surface area contributed by atoms with Crippen molar-refractivity contribution in [1.82, 2.24) is 19.9 Å². The van der Waals surface area contributed by atoms with Gasteiger partial charge in [0, 0.05) is 24.8 Å². The van der Waals surface area contributed by atoms with Crippen LogP contribution in [0.25, 0.3) is 11.4 Å². The lowest BCUT2D eigenvalue weighted by Gasteiger charge is -2.18. The van der Waals surface area contributed by atoms with E-state index in [-0.39, 0.29) is 44.0 Å². The molecular formula is C27H31F4N4O3. The maximum atomic E-state index is 13.6. The molecule has 0 saturated carbocycles. The Balaban J connectivity index is 1.90. The van der Waals surface area contributed by atoms with E-state index in [9.17, 15) is 32.6 Å². The molecule has 205 valence electrons. The van der Waals surface area contributed by atoms with E-state index in [1.807, 2.05) is 13.8 Å². The van der Waals surface area contributed by atoms with Crippen LogP contribution in [-0.4, -0.2) is 42.9 Å². The normalized spacial score (nSPS) is 13.5. The monoisotopic (exact) mass is 535 g/mol. The number of imidazole rings is 1. The standard InChI is InChI=1S/C27H31F4N4O3/c1-4-20(36)13-21(37)11-12-35-24(16(2)3)23(34-25(35)18-6-8-19(28)9-7-18)26(38)33-15-17-5-10-22(32-14-17)27(29,30)31/h5-10,14,16,20-21,36-37H,1,4,11-13,15H2,2-3H3,(H,33,38). The van der Waals surface area contributed by atoms with Crippen LogP contribution in [0.5, 0.6) is 0 Å². The van der Waals surface area contributed by atoms with Gasteiger partial charge in [0.25, 0.3) is 5.91 Å². The second-order valence-corrected chi connectivity index (χ2v) is 9.34. The van der Waals surface area contributed by atoms with Gasteiger partial charge in [-0.15, -0.1) is 0 Å². The fourth-order valence-corrected chi connectivity index (χ4v) is 4.05. The van der Waals surface area contributed by atoms with Crippen LogP contribution in [0.2, 0.25) is 0 Å². The summed E-state index contributed by atoms with van der Waals surface area (Å²) in [6, 6.07) is 7.72. The second-order valence-electron chi connectivity index (χ2n) is 9.34. The van der Waals surface area contributed by atoms with Gasteiger partial charge in [-0.25, -0.2) is 9.37 Å². The number of pyridine rings is 1. The predicted molar refractivity (Wildman–Crippen MR) is 133 cm³/mol. The molecule has 1 radical (unpaired) electrons. The third kappa shape index (κ3) is 7.38. The largest absolute Gasteiger partial charge is 0.433 e. The molecule has 0 aliphatic rings. The molecule has 7 nitrogen and oxygen atoms in total. The molecule has 3 rings (SSSR count). The number of halogens is 4. The molecule has 0 bridgehead atoms. The second kappa shape index (κ2) is 12.5. The average Bonchev–Trinajstić information content (AvgIpc) is 3.26. The minimum absolute atomic E-state index is 0.0676. The highest BCUT2D eigenvalue weighted by atomic mass is 19.4. The highest BCUT2D eigenvalue weighted by Gasteiger charge is 2.32. The molecule has 0 aliphatic carbocycles. The maximum absolute atomic E-state index is 13.6. The molecule has 1 amide bonds. The third-order valence-corrected chi connectivity index (χ3v) is 6.00. The van der Waals surface area contributed by atoms with Gasteiger partial charge in [-0.1, -0.05) is 26.8 Å². The van der Waals surface area contributed by atoms with Crippen molar-refractivity contribution in [2.24, 2.45) is 0 Å². The van der Waals surface area contributed by atoms with Crippen molar-refractivity contribution in [3.63, 3.8) is 0 Å². The number of aliphatic hydroxyl groups excluding tert-OH is 2. The lowest BCUT2D eigenvalue weighted by Crippen LogP contribution is -2.25. The van der Waals surface area contributed by atoms with Crippen LogP contribution in [0.1, 0.15) is 66.5 Å². The van der Waals surface area contributed by atoms with Crippen LogP contribution in [0.4, 0.5) is 17.6 Å². The average molecular weight is 536 g/mol. The van der Waals surface area contributed by atoms with E-state index in [0.717, 1.165) is 12.3 Å². The molecule has 2 heterocycles. The maximum Gasteiger partial charge on any atom is 0.433 e. The minimum atomic E-state index is -4.56. The first-order valence-electron chi connectivity index (χ1n) is 12.2. The van der Waals surface area contributed by atoms with Crippen LogP contribution in [-0.2, 0) is 19.3 Å². The summed E-state index contributed by atoms with van der Waals surface area (Å²) in [6.45, 7) is 7.58. The number of hydrogen-bond acceptors (Lipinski definition) is 5. The fraction of sp³-hybridized carbons (Fsp3) is 0.407. The van der Waals surface area contributed by atoms with Gasteiger partial charge in [-0.3, -0.25) is 9.78 Å². The van der Waals surface area contributed by atoms with Gasteiger partial charge in [-0.05, 0) is 61.1 Å². The molecule has 0 fully saturated rings. The summed E-state index contributed by atoms with van der Waals surface area (Å²) < 4.78 is 53.7. The molecule has 0 spiro atoms. The van der Waals surface area contributed by atoms with Crippen molar-refractivity contribution in [3.05, 3.63) is 78.0 Å². The Bertz CT molecular complexity index is 1210. The van der Waals surface area contributed by atoms with E-state index in [0.29, 0.717) is 22.6 Å². The van der Waals surface area contributed by atoms with Gasteiger partial charge in [0.1, 0.15) is 23.0 Å². The number of hydrogen-bond donors (Lipinski definition) is 3. The summed E-state index contributed by atoms with van der Waals surface area (Å²) in [7, 11) is 0. The summed E-state index contributed by atoms with van der Waals surface area (Å²) in [5, 5.41) is 22.9. The number of alkyl halides is 3. The lowest BCUT2D eigenvalue weighted by molar-refractivity contribution is -0.141. The van der Waals surface area contributed by atoms with Gasteiger partial charge < -0.3 is 20.1 Å². The molecule has 38 heavy (non-hydrogen) atoms. The molecule has 0 aliphatic heterocycles. The Morgan fingerprint density at radius 1 is 1.11 bits per heavy atom. The molecule has 0 saturated heterocycles. The summed E-state index contributed by atoms with van der Waals surface area (Å²) in [5.74, 6) is -0.743. The molecule has 2 aromatic heterocycles. The molecule has 1 aromatic carbocycles. The molecule has 11 heteroatoms. The van der Waals surface area contributed by atoms with Gasteiger partial charge >= 0.3 is 6.18 Å². The number of carbonyl (C=O) groups is 1. The quantitative estimate of drug-likeness (QED) is 0.304. The van der Waals surface area contributed by atoms with Crippen LogP contribution in [0.3, 0.4) is 0 Å². The van der Waals surface area contributed by atoms with Crippen LogP contribution < -0.4 is 5.32 Å². The van der Waals surface area contributed by atoms with Crippen molar-refractivity contribution >= 4 is 5.91 Å². The molecule has 3 aromatic rings. The van der Waals surface area contributed by atoms with Gasteiger partial charge in [0.2, 0.25) is 0 Å². The van der Waals surface area contributed by atoms with E-state index >= 15 is 0 Å². The number of amides is 1. The van der Waals surface area contributed by atoms with Crippen molar-refractivity contribution in [1.29, 1.82) is 0 Å². The Labute approximate surface area is 218 Å². The zero-order valence-corrected chi connectivity index (χ0v) is 21.2. The smallest absolute Gasteiger partial charge is 0.393 e. The number of rotatable bonds is 11. The minimum Gasteiger partial charge on any atom is -0.393 e. The number of benzene rings is 1. The van der Waals surface area contributed by atoms with Gasteiger partial charge in [0.15, 0.2) is 0 Å². The number of aliphatic hydroxyl groups is 2. The van der Waals surface area contributed by atoms with Gasteiger partial charge in [0.05, 0.1) is 17.9 Å². The highest BCUT2D eigenvalue weighted by molar-refractivity contribution is 5.94. The first-order valence-corrected chi connectivity index (χ1v) is 12.2. The van der Waals surface area contributed by atoms with Crippen molar-refractivity contribution in [2.75, 3.05) is 0 Å². The topological polar surface area (TPSA) is 100 Å². The van der Waals surface area contributed by atoms with Crippen LogP contribution >= 0.6 is 0 Å². The van der Waals surface area contributed by atoms with E-state index in [4.69, 9.17) is 0 Å². The summed E-state index contributed by atoms with van der Waals surface area (Å²) in [6.07, 6.45) is -4.39. The Hall–Kier alpha value is -3.31. The SMILES string of the molecule is [CH2]CC(O)CC(O)CCn1c(-c2ccc(F)cc2)nc(C(=O)NCc2ccc(C(F)(F)F)nc2)c1C(C)C. The summed E-state index contributed by atoms with van der Waals surface area (Å²) in [4.78, 5) is 21.2. The van der Waals surface area contributed by atoms with Crippen LogP contribution in [0, 0.1) is 12.7 Å². The summed E-state index contributed by atoms with van der Waals surface area (Å²) >= 11 is 0. The first kappa shape index (κ1) is 29.2. The Morgan fingerprint density at radius 2 is 1.79 bits per heavy atom. The fourth-order valence-electron chi connectivity index (χ4n) is 4.05. The number of nitrogens with one attached hydrogen (secondary N) is 1. The zero-order chi connectivity index (χ0) is 28.0. The lowest BCUT2D eigenvalue weighted by atomic mass is 10.1. The summed E-state index contributed by atoms with van der Waals surface area (Å²) in [5.41, 5.74) is 0.611. The highest BCUT2D eigenvalue weighted by Crippen LogP contribution is 2.30. The van der Waals surface area contributed by atoms with E-state index in [1.54, 1.807) is 4.57 Å². The molecule has 2 atom stereocenters. The van der Waals surface area contributed by atoms with E-state index in [2.05, 4.69) is 22.2 Å². The van der Waals surface area contributed by atoms with Crippen molar-refractivity contribution in [2.45, 2.75) is 70.5 Å². The molecular weight excluding hydrogens is 504 g/mol. The number of aromatic nitrogens is 3. The van der Waals surface area contributed by atoms with Crippen LogP contribution in [0.15, 0.2) is 42.6 Å².